The van der Waals surface area contributed by atoms with Gasteiger partial charge in [0.15, 0.2) is 5.69 Å². The van der Waals surface area contributed by atoms with E-state index in [4.69, 9.17) is 9.84 Å². The summed E-state index contributed by atoms with van der Waals surface area (Å²) in [5.74, 6) is 3.29. The van der Waals surface area contributed by atoms with Crippen LogP contribution in [0, 0.1) is 40.1 Å². The van der Waals surface area contributed by atoms with Crippen LogP contribution in [-0.4, -0.2) is 30.5 Å². The number of carbonyl (C=O) groups excluding carboxylic acids is 1. The first-order valence-electron chi connectivity index (χ1n) is 10.5. The first kappa shape index (κ1) is 24.1. The predicted molar refractivity (Wildman–Crippen MR) is 112 cm³/mol. The van der Waals surface area contributed by atoms with E-state index in [0.717, 1.165) is 18.3 Å². The summed E-state index contributed by atoms with van der Waals surface area (Å²) in [5, 5.41) is 34.7. The maximum atomic E-state index is 15.1. The zero-order chi connectivity index (χ0) is 25.4. The van der Waals surface area contributed by atoms with Crippen LogP contribution >= 0.6 is 0 Å². The lowest BCUT2D eigenvalue weighted by molar-refractivity contribution is -0.614. The van der Waals surface area contributed by atoms with Gasteiger partial charge in [-0.2, -0.15) is 23.2 Å². The largest absolute Gasteiger partial charge is 0.618 e. The van der Waals surface area contributed by atoms with Crippen molar-refractivity contribution in [2.75, 3.05) is 18.5 Å². The molecule has 1 aromatic heterocycles. The smallest absolute Gasteiger partial charge is 0.427 e. The summed E-state index contributed by atoms with van der Waals surface area (Å²) >= 11 is 0. The van der Waals surface area contributed by atoms with E-state index in [0.29, 0.717) is 23.6 Å². The molecule has 0 saturated heterocycles. The second-order valence-electron chi connectivity index (χ2n) is 8.09. The average Bonchev–Trinajstić information content (AvgIpc) is 3.62. The average molecular weight is 490 g/mol. The number of pyridine rings is 1. The molecular formula is C23H18F4N4O4. The first-order valence-corrected chi connectivity index (χ1v) is 10.5. The van der Waals surface area contributed by atoms with E-state index < -0.39 is 35.5 Å². The number of alkyl halides is 3. The van der Waals surface area contributed by atoms with Gasteiger partial charge in [-0.3, -0.25) is 0 Å². The van der Waals surface area contributed by atoms with Gasteiger partial charge in [-0.25, -0.2) is 9.18 Å². The van der Waals surface area contributed by atoms with Crippen molar-refractivity contribution < 1.29 is 36.9 Å². The summed E-state index contributed by atoms with van der Waals surface area (Å²) in [7, 11) is 0. The van der Waals surface area contributed by atoms with Crippen molar-refractivity contribution in [3.05, 3.63) is 57.8 Å². The van der Waals surface area contributed by atoms with Crippen molar-refractivity contribution in [3.63, 3.8) is 0 Å². The van der Waals surface area contributed by atoms with E-state index in [1.165, 1.54) is 0 Å². The van der Waals surface area contributed by atoms with E-state index in [1.54, 1.807) is 0 Å². The molecule has 1 aromatic carbocycles. The molecule has 2 heterocycles. The van der Waals surface area contributed by atoms with Crippen molar-refractivity contribution in [2.45, 2.75) is 31.0 Å². The molecular weight excluding hydrogens is 472 g/mol. The fraction of sp³-hybridized carbons (Fsp3) is 0.348. The number of anilines is 1. The lowest BCUT2D eigenvalue weighted by atomic mass is 9.85. The molecule has 4 rings (SSSR count). The van der Waals surface area contributed by atoms with Crippen LogP contribution in [0.3, 0.4) is 0 Å². The molecule has 1 atom stereocenters. The van der Waals surface area contributed by atoms with Crippen molar-refractivity contribution in [3.8, 4) is 23.7 Å². The Morgan fingerprint density at radius 2 is 2.06 bits per heavy atom. The van der Waals surface area contributed by atoms with Gasteiger partial charge < -0.3 is 25.7 Å². The molecule has 2 aliphatic rings. The van der Waals surface area contributed by atoms with Crippen LogP contribution in [0.25, 0.3) is 0 Å². The standard InChI is InChI=1S/C23H18F4N4O4/c24-18-10-17-19(29-21(33)30-22(17,23(25,26)27)4-3-13-1-2-13)9-14(18)7-16-8-15(11-28)20(12-31(16)34)35-6-5-32/h8-10,12-13,32H,1-2,5-7H2,(H2,29,30,33)/t22-/m0/s1. The number of aliphatic hydroxyl groups excluding tert-OH is 1. The fourth-order valence-corrected chi connectivity index (χ4v) is 3.63. The molecule has 2 aromatic rings. The molecule has 12 heteroatoms. The van der Waals surface area contributed by atoms with Gasteiger partial charge in [0.05, 0.1) is 13.0 Å². The minimum Gasteiger partial charge on any atom is -0.618 e. The number of aromatic nitrogens is 1. The number of nitriles is 1. The highest BCUT2D eigenvalue weighted by atomic mass is 19.4. The zero-order valence-electron chi connectivity index (χ0n) is 18.0. The summed E-state index contributed by atoms with van der Waals surface area (Å²) in [6.07, 6.45) is -3.20. The van der Waals surface area contributed by atoms with Crippen LogP contribution in [0.1, 0.15) is 35.2 Å². The minimum absolute atomic E-state index is 0.0529. The third-order valence-electron chi connectivity index (χ3n) is 5.54. The summed E-state index contributed by atoms with van der Waals surface area (Å²) in [5.41, 5.74) is -4.32. The van der Waals surface area contributed by atoms with Gasteiger partial charge in [0, 0.05) is 28.8 Å². The van der Waals surface area contributed by atoms with Gasteiger partial charge in [-0.15, -0.1) is 0 Å². The highest BCUT2D eigenvalue weighted by molar-refractivity contribution is 5.95. The normalized spacial score (nSPS) is 18.9. The quantitative estimate of drug-likeness (QED) is 0.258. The highest BCUT2D eigenvalue weighted by Crippen LogP contribution is 2.45. The fourth-order valence-electron chi connectivity index (χ4n) is 3.63. The molecule has 2 amide bonds. The Balaban J connectivity index is 1.76. The Kier molecular flexibility index (Phi) is 6.17. The number of nitrogens with zero attached hydrogens (tertiary/aromatic N) is 2. The third kappa shape index (κ3) is 4.66. The second kappa shape index (κ2) is 8.96. The monoisotopic (exact) mass is 490 g/mol. The number of amides is 2. The van der Waals surface area contributed by atoms with E-state index in [-0.39, 0.29) is 47.4 Å². The number of urea groups is 1. The van der Waals surface area contributed by atoms with E-state index >= 15 is 4.39 Å². The Labute approximate surface area is 196 Å². The Hall–Kier alpha value is -4.03. The molecule has 182 valence electrons. The molecule has 3 N–H and O–H groups in total. The van der Waals surface area contributed by atoms with Crippen molar-refractivity contribution in [1.82, 2.24) is 5.32 Å². The number of hydrogen-bond acceptors (Lipinski definition) is 5. The van der Waals surface area contributed by atoms with Gasteiger partial charge in [0.1, 0.15) is 24.1 Å². The molecule has 0 unspecified atom stereocenters. The van der Waals surface area contributed by atoms with Gasteiger partial charge >= 0.3 is 12.2 Å². The topological polar surface area (TPSA) is 121 Å². The SMILES string of the molecule is N#Cc1cc(Cc2cc3c(cc2F)[C@@](C#CC2CC2)(C(F)(F)F)NC(=O)N3)[n+]([O-])cc1OCCO. The second-order valence-corrected chi connectivity index (χ2v) is 8.09. The zero-order valence-corrected chi connectivity index (χ0v) is 18.0. The summed E-state index contributed by atoms with van der Waals surface area (Å²) < 4.78 is 63.1. The number of carbonyl (C=O) groups is 1. The molecule has 0 bridgehead atoms. The van der Waals surface area contributed by atoms with Gasteiger partial charge in [-0.1, -0.05) is 11.8 Å². The number of ether oxygens (including phenoxy) is 1. The van der Waals surface area contributed by atoms with Crippen LogP contribution in [-0.2, 0) is 12.0 Å². The lowest BCUT2D eigenvalue weighted by Crippen LogP contribution is -2.59. The number of benzene rings is 1. The Morgan fingerprint density at radius 3 is 2.69 bits per heavy atom. The highest BCUT2D eigenvalue weighted by Gasteiger charge is 2.59. The Morgan fingerprint density at radius 1 is 1.31 bits per heavy atom. The van der Waals surface area contributed by atoms with Crippen LogP contribution < -0.4 is 20.1 Å². The van der Waals surface area contributed by atoms with Crippen LogP contribution in [0.5, 0.6) is 5.75 Å². The van der Waals surface area contributed by atoms with Crippen LogP contribution in [0.15, 0.2) is 24.4 Å². The molecule has 1 aliphatic carbocycles. The lowest BCUT2D eigenvalue weighted by Gasteiger charge is -2.37. The summed E-state index contributed by atoms with van der Waals surface area (Å²) in [4.78, 5) is 12.2. The van der Waals surface area contributed by atoms with Gasteiger partial charge in [0.25, 0.3) is 0 Å². The Bertz CT molecular complexity index is 1290. The summed E-state index contributed by atoms with van der Waals surface area (Å²) in [6.45, 7) is -0.511. The number of aliphatic hydroxyl groups is 1. The number of fused-ring (bicyclic) bond motifs is 1. The molecule has 1 aliphatic heterocycles. The first-order chi connectivity index (χ1) is 16.6. The molecule has 0 spiro atoms. The number of hydrogen-bond donors (Lipinski definition) is 3. The van der Waals surface area contributed by atoms with Crippen LogP contribution in [0.2, 0.25) is 0 Å². The van der Waals surface area contributed by atoms with Gasteiger partial charge in [-0.05, 0) is 25.0 Å². The number of halogens is 4. The van der Waals surface area contributed by atoms with Gasteiger partial charge in [0.2, 0.25) is 17.5 Å². The summed E-state index contributed by atoms with van der Waals surface area (Å²) in [6, 6.07) is 3.48. The van der Waals surface area contributed by atoms with E-state index in [2.05, 4.69) is 17.2 Å². The van der Waals surface area contributed by atoms with E-state index in [9.17, 15) is 28.4 Å². The number of nitrogens with one attached hydrogen (secondary N) is 2. The maximum absolute atomic E-state index is 15.1. The maximum Gasteiger partial charge on any atom is 0.427 e. The third-order valence-corrected chi connectivity index (χ3v) is 5.54. The van der Waals surface area contributed by atoms with Crippen molar-refractivity contribution in [2.24, 2.45) is 5.92 Å². The van der Waals surface area contributed by atoms with Crippen molar-refractivity contribution in [1.29, 1.82) is 5.26 Å². The molecule has 8 nitrogen and oxygen atoms in total. The number of rotatable bonds is 5. The molecule has 1 fully saturated rings. The predicted octanol–water partition coefficient (Wildman–Crippen LogP) is 2.60. The van der Waals surface area contributed by atoms with Crippen LogP contribution in [0.4, 0.5) is 28.0 Å². The molecule has 35 heavy (non-hydrogen) atoms. The van der Waals surface area contributed by atoms with E-state index in [1.807, 2.05) is 11.4 Å². The molecule has 0 radical (unpaired) electrons. The minimum atomic E-state index is -5.04. The molecule has 1 saturated carbocycles. The van der Waals surface area contributed by atoms with Crippen molar-refractivity contribution >= 4 is 11.7 Å².